The first-order valence-electron chi connectivity index (χ1n) is 8.20. The number of para-hydroxylation sites is 1. The Morgan fingerprint density at radius 2 is 1.59 bits per heavy atom. The number of hydrogen-bond acceptors (Lipinski definition) is 4. The number of nitrogens with one attached hydrogen (secondary N) is 2. The molecule has 2 N–H and O–H groups in total. The second-order valence-corrected chi connectivity index (χ2v) is 6.48. The number of halogens is 1. The molecule has 0 spiro atoms. The van der Waals surface area contributed by atoms with Crippen LogP contribution in [0.3, 0.4) is 0 Å². The van der Waals surface area contributed by atoms with Gasteiger partial charge in [-0.15, -0.1) is 0 Å². The van der Waals surface area contributed by atoms with Gasteiger partial charge in [0.15, 0.2) is 11.4 Å². The van der Waals surface area contributed by atoms with Crippen LogP contribution >= 0.6 is 11.6 Å². The monoisotopic (exact) mass is 384 g/mol. The van der Waals surface area contributed by atoms with Gasteiger partial charge in [0.05, 0.1) is 27.5 Å². The zero-order chi connectivity index (χ0) is 19.7. The van der Waals surface area contributed by atoms with Gasteiger partial charge in [0.1, 0.15) is 5.76 Å². The lowest BCUT2D eigenvalue weighted by Gasteiger charge is -2.12. The number of carbonyl (C=O) groups is 3. The number of anilines is 2. The van der Waals surface area contributed by atoms with Gasteiger partial charge in [-0.25, -0.2) is 0 Å². The number of amides is 2. The summed E-state index contributed by atoms with van der Waals surface area (Å²) >= 11 is 6.18. The van der Waals surface area contributed by atoms with E-state index in [1.807, 2.05) is 0 Å². The summed E-state index contributed by atoms with van der Waals surface area (Å²) in [4.78, 5) is 36.1. The first-order chi connectivity index (χ1) is 12.8. The fourth-order valence-corrected chi connectivity index (χ4v) is 3.27. The first kappa shape index (κ1) is 18.7. The lowest BCUT2D eigenvalue weighted by molar-refractivity contribution is -0.114. The normalized spacial score (nSPS) is 10.7. The van der Waals surface area contributed by atoms with Gasteiger partial charge in [-0.3, -0.25) is 14.4 Å². The predicted octanol–water partition coefficient (Wildman–Crippen LogP) is 4.81. The molecule has 0 unspecified atom stereocenters. The second-order valence-electron chi connectivity index (χ2n) is 6.07. The van der Waals surface area contributed by atoms with Crippen molar-refractivity contribution in [1.82, 2.24) is 0 Å². The third-order valence-electron chi connectivity index (χ3n) is 4.04. The molecule has 0 atom stereocenters. The van der Waals surface area contributed by atoms with Crippen molar-refractivity contribution in [1.29, 1.82) is 0 Å². The van der Waals surface area contributed by atoms with Crippen molar-refractivity contribution in [3.8, 4) is 0 Å². The minimum absolute atomic E-state index is 0.117. The molecular weight excluding hydrogens is 368 g/mol. The van der Waals surface area contributed by atoms with Gasteiger partial charge in [0.2, 0.25) is 5.91 Å². The lowest BCUT2D eigenvalue weighted by atomic mass is 10.1. The van der Waals surface area contributed by atoms with Crippen LogP contribution < -0.4 is 10.6 Å². The number of aryl methyl sites for hydroxylation is 1. The predicted molar refractivity (Wildman–Crippen MR) is 105 cm³/mol. The van der Waals surface area contributed by atoms with Crippen molar-refractivity contribution in [3.05, 3.63) is 58.3 Å². The van der Waals surface area contributed by atoms with Gasteiger partial charge < -0.3 is 15.1 Å². The maximum atomic E-state index is 12.9. The molecule has 0 aliphatic carbocycles. The third kappa shape index (κ3) is 3.57. The average molecular weight is 385 g/mol. The Kier molecular flexibility index (Phi) is 5.01. The number of hydrogen-bond donors (Lipinski definition) is 2. The van der Waals surface area contributed by atoms with E-state index in [2.05, 4.69) is 10.6 Å². The molecule has 27 heavy (non-hydrogen) atoms. The summed E-state index contributed by atoms with van der Waals surface area (Å²) in [6.45, 7) is 4.51. The minimum Gasteiger partial charge on any atom is -0.458 e. The van der Waals surface area contributed by atoms with Crippen molar-refractivity contribution in [2.24, 2.45) is 0 Å². The Balaban J connectivity index is 2.04. The average Bonchev–Trinajstić information content (AvgIpc) is 2.91. The maximum Gasteiger partial charge on any atom is 0.259 e. The Labute approximate surface area is 160 Å². The smallest absolute Gasteiger partial charge is 0.259 e. The van der Waals surface area contributed by atoms with Gasteiger partial charge in [-0.1, -0.05) is 29.8 Å². The standard InChI is InChI=1S/C20H17ClN2O4/c1-10(24)17-11(2)27-19-13(17)6-4-9-16(19)23-20(26)18-14(21)7-5-8-15(18)22-12(3)25/h4-9H,1-3H3,(H,22,25)(H,23,26). The molecule has 6 nitrogen and oxygen atoms in total. The highest BCUT2D eigenvalue weighted by molar-refractivity contribution is 6.35. The van der Waals surface area contributed by atoms with Crippen molar-refractivity contribution in [3.63, 3.8) is 0 Å². The molecule has 0 aliphatic rings. The van der Waals surface area contributed by atoms with Crippen LogP contribution in [0.1, 0.15) is 40.3 Å². The summed E-state index contributed by atoms with van der Waals surface area (Å²) in [5.74, 6) is -0.457. The SMILES string of the molecule is CC(=O)Nc1cccc(Cl)c1C(=O)Nc1cccc2c(C(C)=O)c(C)oc12. The van der Waals surface area contributed by atoms with Crippen molar-refractivity contribution in [2.75, 3.05) is 10.6 Å². The van der Waals surface area contributed by atoms with E-state index in [1.165, 1.54) is 13.8 Å². The second kappa shape index (κ2) is 7.25. The Hall–Kier alpha value is -3.12. The van der Waals surface area contributed by atoms with E-state index >= 15 is 0 Å². The van der Waals surface area contributed by atoms with Gasteiger partial charge in [0.25, 0.3) is 5.91 Å². The number of fused-ring (bicyclic) bond motifs is 1. The van der Waals surface area contributed by atoms with Crippen LogP contribution in [0.2, 0.25) is 5.02 Å². The van der Waals surface area contributed by atoms with Crippen molar-refractivity contribution >= 4 is 51.5 Å². The van der Waals surface area contributed by atoms with Crippen LogP contribution in [0, 0.1) is 6.92 Å². The molecule has 3 aromatic rings. The number of rotatable bonds is 4. The van der Waals surface area contributed by atoms with Crippen molar-refractivity contribution < 1.29 is 18.8 Å². The number of furan rings is 1. The van der Waals surface area contributed by atoms with Crippen LogP contribution in [0.15, 0.2) is 40.8 Å². The molecule has 1 aromatic heterocycles. The highest BCUT2D eigenvalue weighted by atomic mass is 35.5. The summed E-state index contributed by atoms with van der Waals surface area (Å²) < 4.78 is 5.71. The van der Waals surface area contributed by atoms with E-state index in [0.29, 0.717) is 33.7 Å². The Morgan fingerprint density at radius 1 is 0.926 bits per heavy atom. The molecule has 3 rings (SSSR count). The highest BCUT2D eigenvalue weighted by Crippen LogP contribution is 2.33. The molecule has 0 saturated carbocycles. The minimum atomic E-state index is -0.504. The van der Waals surface area contributed by atoms with Gasteiger partial charge in [-0.2, -0.15) is 0 Å². The van der Waals surface area contributed by atoms with E-state index in [-0.39, 0.29) is 22.3 Å². The molecule has 2 aromatic carbocycles. The summed E-state index contributed by atoms with van der Waals surface area (Å²) in [5, 5.41) is 6.17. The number of ketones is 1. The third-order valence-corrected chi connectivity index (χ3v) is 4.36. The van der Waals surface area contributed by atoms with Crippen molar-refractivity contribution in [2.45, 2.75) is 20.8 Å². The van der Waals surface area contributed by atoms with E-state index in [9.17, 15) is 14.4 Å². The maximum absolute atomic E-state index is 12.9. The van der Waals surface area contributed by atoms with Crippen LogP contribution in [0.5, 0.6) is 0 Å². The zero-order valence-electron chi connectivity index (χ0n) is 15.0. The quantitative estimate of drug-likeness (QED) is 0.632. The summed E-state index contributed by atoms with van der Waals surface area (Å²) in [6, 6.07) is 9.94. The van der Waals surface area contributed by atoms with E-state index in [4.69, 9.17) is 16.0 Å². The van der Waals surface area contributed by atoms with E-state index in [0.717, 1.165) is 0 Å². The Bertz CT molecular complexity index is 1090. The number of Topliss-reactive ketones (excluding diaryl/α,β-unsaturated/α-hetero) is 1. The molecule has 0 aliphatic heterocycles. The van der Waals surface area contributed by atoms with Crippen LogP contribution in [0.4, 0.5) is 11.4 Å². The fraction of sp³-hybridized carbons (Fsp3) is 0.150. The van der Waals surface area contributed by atoms with E-state index in [1.54, 1.807) is 43.3 Å². The zero-order valence-corrected chi connectivity index (χ0v) is 15.7. The molecule has 7 heteroatoms. The largest absolute Gasteiger partial charge is 0.458 e. The summed E-state index contributed by atoms with van der Waals surface area (Å²) in [5.41, 5.74) is 1.74. The topological polar surface area (TPSA) is 88.4 Å². The van der Waals surface area contributed by atoms with Crippen LogP contribution in [-0.2, 0) is 4.79 Å². The lowest BCUT2D eigenvalue weighted by Crippen LogP contribution is -2.17. The molecule has 138 valence electrons. The summed E-state index contributed by atoms with van der Waals surface area (Å²) in [7, 11) is 0. The molecule has 1 heterocycles. The van der Waals surface area contributed by atoms with Gasteiger partial charge >= 0.3 is 0 Å². The molecule has 2 amide bonds. The Morgan fingerprint density at radius 3 is 2.26 bits per heavy atom. The molecular formula is C20H17ClN2O4. The molecule has 0 saturated heterocycles. The molecule has 0 fully saturated rings. The van der Waals surface area contributed by atoms with E-state index < -0.39 is 5.91 Å². The number of benzene rings is 2. The number of carbonyl (C=O) groups excluding carboxylic acids is 3. The molecule has 0 radical (unpaired) electrons. The fourth-order valence-electron chi connectivity index (χ4n) is 3.01. The van der Waals surface area contributed by atoms with Gasteiger partial charge in [0, 0.05) is 12.3 Å². The van der Waals surface area contributed by atoms with Crippen LogP contribution in [-0.4, -0.2) is 17.6 Å². The first-order valence-corrected chi connectivity index (χ1v) is 8.58. The molecule has 0 bridgehead atoms. The summed E-state index contributed by atoms with van der Waals surface area (Å²) in [6.07, 6.45) is 0. The van der Waals surface area contributed by atoms with Gasteiger partial charge in [-0.05, 0) is 32.0 Å². The van der Waals surface area contributed by atoms with Crippen LogP contribution in [0.25, 0.3) is 11.0 Å². The highest BCUT2D eigenvalue weighted by Gasteiger charge is 2.21.